The van der Waals surface area contributed by atoms with Gasteiger partial charge in [0.2, 0.25) is 17.6 Å². The Labute approximate surface area is 229 Å². The normalized spacial score (nSPS) is 18.6. The minimum Gasteiger partial charge on any atom is -0.493 e. The number of morpholine rings is 1. The monoisotopic (exact) mass is 535 g/mol. The molecule has 1 unspecified atom stereocenters. The van der Waals surface area contributed by atoms with Crippen LogP contribution in [-0.2, 0) is 29.2 Å². The van der Waals surface area contributed by atoms with Crippen molar-refractivity contribution in [1.29, 1.82) is 0 Å². The summed E-state index contributed by atoms with van der Waals surface area (Å²) in [6, 6.07) is 14.0. The van der Waals surface area contributed by atoms with E-state index in [0.29, 0.717) is 42.8 Å². The first kappa shape index (κ1) is 27.1. The van der Waals surface area contributed by atoms with E-state index in [0.717, 1.165) is 63.4 Å². The lowest BCUT2D eigenvalue weighted by atomic mass is 9.97. The second kappa shape index (κ2) is 13.1. The van der Waals surface area contributed by atoms with Gasteiger partial charge in [-0.15, -0.1) is 0 Å². The van der Waals surface area contributed by atoms with Crippen molar-refractivity contribution in [3.05, 3.63) is 59.5 Å². The van der Waals surface area contributed by atoms with Crippen LogP contribution in [0.25, 0.3) is 11.4 Å². The van der Waals surface area contributed by atoms with E-state index in [1.807, 2.05) is 18.2 Å². The molecule has 1 aromatic heterocycles. The molecule has 5 rings (SSSR count). The Morgan fingerprint density at radius 1 is 0.974 bits per heavy atom. The van der Waals surface area contributed by atoms with Crippen LogP contribution in [0.5, 0.6) is 11.5 Å². The van der Waals surface area contributed by atoms with Crippen LogP contribution < -0.4 is 14.8 Å². The first-order valence-electron chi connectivity index (χ1n) is 13.5. The van der Waals surface area contributed by atoms with Crippen LogP contribution >= 0.6 is 0 Å². The molecule has 2 aromatic carbocycles. The number of ether oxygens (including phenoxy) is 3. The number of nitrogens with one attached hydrogen (secondary N) is 1. The fourth-order valence-electron chi connectivity index (χ4n) is 5.13. The zero-order valence-corrected chi connectivity index (χ0v) is 22.7. The van der Waals surface area contributed by atoms with E-state index in [1.54, 1.807) is 14.2 Å². The van der Waals surface area contributed by atoms with Crippen molar-refractivity contribution in [2.75, 3.05) is 53.6 Å². The van der Waals surface area contributed by atoms with E-state index in [2.05, 4.69) is 49.5 Å². The van der Waals surface area contributed by atoms with Crippen LogP contribution in [0.3, 0.4) is 0 Å². The van der Waals surface area contributed by atoms with E-state index in [-0.39, 0.29) is 11.8 Å². The smallest absolute Gasteiger partial charge is 0.241 e. The number of carbonyl (C=O) groups is 1. The van der Waals surface area contributed by atoms with Gasteiger partial charge in [-0.3, -0.25) is 14.6 Å². The Morgan fingerprint density at radius 3 is 2.51 bits per heavy atom. The van der Waals surface area contributed by atoms with Gasteiger partial charge in [-0.1, -0.05) is 29.4 Å². The molecule has 39 heavy (non-hydrogen) atoms. The molecule has 1 atom stereocenters. The molecule has 0 radical (unpaired) electrons. The van der Waals surface area contributed by atoms with Gasteiger partial charge in [0.25, 0.3) is 0 Å². The Balaban J connectivity index is 1.10. The van der Waals surface area contributed by atoms with Crippen molar-refractivity contribution in [2.45, 2.75) is 32.5 Å². The second-order valence-electron chi connectivity index (χ2n) is 10.1. The molecule has 10 nitrogen and oxygen atoms in total. The lowest BCUT2D eigenvalue weighted by Crippen LogP contribution is -2.42. The number of amides is 1. The zero-order chi connectivity index (χ0) is 27.0. The van der Waals surface area contributed by atoms with E-state index in [4.69, 9.17) is 18.7 Å². The summed E-state index contributed by atoms with van der Waals surface area (Å²) in [6.45, 7) is 7.09. The molecule has 208 valence electrons. The highest BCUT2D eigenvalue weighted by molar-refractivity contribution is 5.79. The molecule has 2 aliphatic heterocycles. The molecule has 10 heteroatoms. The van der Waals surface area contributed by atoms with Crippen molar-refractivity contribution in [2.24, 2.45) is 5.92 Å². The van der Waals surface area contributed by atoms with Gasteiger partial charge in [-0.2, -0.15) is 4.98 Å². The topological polar surface area (TPSA) is 102 Å². The highest BCUT2D eigenvalue weighted by Crippen LogP contribution is 2.31. The summed E-state index contributed by atoms with van der Waals surface area (Å²) < 4.78 is 21.6. The van der Waals surface area contributed by atoms with Crippen LogP contribution in [0, 0.1) is 5.92 Å². The number of rotatable bonds is 10. The number of hydrogen-bond acceptors (Lipinski definition) is 9. The predicted molar refractivity (Wildman–Crippen MR) is 145 cm³/mol. The number of benzene rings is 2. The van der Waals surface area contributed by atoms with Crippen molar-refractivity contribution in [3.63, 3.8) is 0 Å². The largest absolute Gasteiger partial charge is 0.493 e. The Hall–Kier alpha value is -3.47. The van der Waals surface area contributed by atoms with Crippen molar-refractivity contribution in [3.8, 4) is 22.9 Å². The summed E-state index contributed by atoms with van der Waals surface area (Å²) in [5, 5.41) is 7.28. The van der Waals surface area contributed by atoms with E-state index >= 15 is 0 Å². The molecule has 2 aliphatic rings. The Bertz CT molecular complexity index is 1230. The number of methoxy groups -OCH3 is 2. The highest BCUT2D eigenvalue weighted by atomic mass is 16.5. The average molecular weight is 536 g/mol. The van der Waals surface area contributed by atoms with Crippen LogP contribution in [-0.4, -0.2) is 79.5 Å². The lowest BCUT2D eigenvalue weighted by molar-refractivity contribution is -0.127. The van der Waals surface area contributed by atoms with E-state index in [9.17, 15) is 4.79 Å². The molecule has 2 fully saturated rings. The maximum atomic E-state index is 13.0. The molecule has 0 aliphatic carbocycles. The molecule has 1 N–H and O–H groups in total. The summed E-state index contributed by atoms with van der Waals surface area (Å²) >= 11 is 0. The van der Waals surface area contributed by atoms with Gasteiger partial charge in [0.1, 0.15) is 0 Å². The Morgan fingerprint density at radius 2 is 1.74 bits per heavy atom. The first-order chi connectivity index (χ1) is 19.1. The summed E-state index contributed by atoms with van der Waals surface area (Å²) in [7, 11) is 3.19. The molecular weight excluding hydrogens is 498 g/mol. The molecule has 0 bridgehead atoms. The molecule has 0 saturated carbocycles. The van der Waals surface area contributed by atoms with Crippen molar-refractivity contribution in [1.82, 2.24) is 25.3 Å². The number of carbonyl (C=O) groups excluding carboxylic acids is 1. The van der Waals surface area contributed by atoms with Gasteiger partial charge in [0.15, 0.2) is 11.5 Å². The molecular formula is C29H37N5O5. The molecule has 3 aromatic rings. The average Bonchev–Trinajstić information content (AvgIpc) is 3.45. The van der Waals surface area contributed by atoms with Gasteiger partial charge < -0.3 is 24.1 Å². The maximum Gasteiger partial charge on any atom is 0.241 e. The van der Waals surface area contributed by atoms with E-state index < -0.39 is 0 Å². The third-order valence-electron chi connectivity index (χ3n) is 7.34. The van der Waals surface area contributed by atoms with Crippen LogP contribution in [0.15, 0.2) is 47.0 Å². The Kier molecular flexibility index (Phi) is 9.08. The number of likely N-dealkylation sites (tertiary alicyclic amines) is 1. The summed E-state index contributed by atoms with van der Waals surface area (Å²) in [6.07, 6.45) is 1.83. The SMILES string of the molecule is COc1ccc(-c2noc(CN3CCCC(C(=O)NCc4ccc(CN5CCOCC5)cc4)C3)n2)cc1OC. The number of piperidine rings is 1. The van der Waals surface area contributed by atoms with Crippen LogP contribution in [0.1, 0.15) is 29.9 Å². The highest BCUT2D eigenvalue weighted by Gasteiger charge is 2.27. The molecule has 3 heterocycles. The minimum atomic E-state index is -0.0624. The van der Waals surface area contributed by atoms with E-state index in [1.165, 1.54) is 5.56 Å². The standard InChI is InChI=1S/C29H37N5O5/c1-36-25-10-9-23(16-26(25)37-2)28-31-27(39-32-28)20-34-11-3-4-24(19-34)29(35)30-17-21-5-7-22(8-6-21)18-33-12-14-38-15-13-33/h5-10,16,24H,3-4,11-15,17-20H2,1-2H3,(H,30,35). The number of nitrogens with zero attached hydrogens (tertiary/aromatic N) is 4. The van der Waals surface area contributed by atoms with Gasteiger partial charge in [-0.05, 0) is 48.7 Å². The van der Waals surface area contributed by atoms with Crippen molar-refractivity contribution < 1.29 is 23.5 Å². The summed E-state index contributed by atoms with van der Waals surface area (Å²) in [4.78, 5) is 22.2. The number of hydrogen-bond donors (Lipinski definition) is 1. The van der Waals surface area contributed by atoms with Gasteiger partial charge in [0, 0.05) is 38.3 Å². The van der Waals surface area contributed by atoms with Crippen LogP contribution in [0.2, 0.25) is 0 Å². The van der Waals surface area contributed by atoms with Gasteiger partial charge in [-0.25, -0.2) is 0 Å². The minimum absolute atomic E-state index is 0.0624. The van der Waals surface area contributed by atoms with Crippen molar-refractivity contribution >= 4 is 5.91 Å². The molecule has 0 spiro atoms. The lowest BCUT2D eigenvalue weighted by Gasteiger charge is -2.30. The third kappa shape index (κ3) is 7.14. The fraction of sp³-hybridized carbons (Fsp3) is 0.483. The number of aromatic nitrogens is 2. The van der Waals surface area contributed by atoms with Crippen LogP contribution in [0.4, 0.5) is 0 Å². The zero-order valence-electron chi connectivity index (χ0n) is 22.7. The van der Waals surface area contributed by atoms with Gasteiger partial charge in [0.05, 0.1) is 39.9 Å². The maximum absolute atomic E-state index is 13.0. The first-order valence-corrected chi connectivity index (χ1v) is 13.5. The molecule has 1 amide bonds. The summed E-state index contributed by atoms with van der Waals surface area (Å²) in [5.41, 5.74) is 3.17. The third-order valence-corrected chi connectivity index (χ3v) is 7.34. The molecule has 2 saturated heterocycles. The fourth-order valence-corrected chi connectivity index (χ4v) is 5.13. The second-order valence-corrected chi connectivity index (χ2v) is 10.1. The van der Waals surface area contributed by atoms with Gasteiger partial charge >= 0.3 is 0 Å². The predicted octanol–water partition coefficient (Wildman–Crippen LogP) is 3.11. The quantitative estimate of drug-likeness (QED) is 0.420. The summed E-state index contributed by atoms with van der Waals surface area (Å²) in [5.74, 6) is 2.30.